The summed E-state index contributed by atoms with van der Waals surface area (Å²) in [5, 5.41) is 4.70. The molecule has 202 valence electrons. The third-order valence-corrected chi connectivity index (χ3v) is 6.89. The summed E-state index contributed by atoms with van der Waals surface area (Å²) < 4.78 is 12.0. The first-order valence-corrected chi connectivity index (χ1v) is 13.3. The van der Waals surface area contributed by atoms with Gasteiger partial charge in [0.05, 0.1) is 17.3 Å². The number of halogens is 1. The van der Waals surface area contributed by atoms with E-state index in [-0.39, 0.29) is 17.2 Å². The lowest BCUT2D eigenvalue weighted by Gasteiger charge is -2.28. The van der Waals surface area contributed by atoms with Gasteiger partial charge in [0.15, 0.2) is 11.5 Å². The van der Waals surface area contributed by atoms with Gasteiger partial charge in [0, 0.05) is 0 Å². The van der Waals surface area contributed by atoms with Crippen LogP contribution >= 0.6 is 11.6 Å². The third kappa shape index (κ3) is 5.28. The quantitative estimate of drug-likeness (QED) is 0.193. The van der Waals surface area contributed by atoms with E-state index in [9.17, 15) is 14.4 Å². The first kappa shape index (κ1) is 27.0. The molecule has 1 saturated heterocycles. The molecule has 8 heteroatoms. The zero-order chi connectivity index (χ0) is 28.2. The molecule has 0 aliphatic carbocycles. The van der Waals surface area contributed by atoms with Crippen molar-refractivity contribution < 1.29 is 23.9 Å². The number of benzene rings is 4. The largest absolute Gasteiger partial charge is 0.490 e. The van der Waals surface area contributed by atoms with E-state index in [4.69, 9.17) is 21.1 Å². The predicted molar refractivity (Wildman–Crippen MR) is 156 cm³/mol. The van der Waals surface area contributed by atoms with E-state index in [1.807, 2.05) is 68.4 Å². The minimum atomic E-state index is -0.793. The van der Waals surface area contributed by atoms with Crippen LogP contribution in [0.5, 0.6) is 11.5 Å². The maximum atomic E-state index is 13.4. The molecule has 40 heavy (non-hydrogen) atoms. The maximum absolute atomic E-state index is 13.4. The highest BCUT2D eigenvalue weighted by Gasteiger charge is 2.37. The summed E-state index contributed by atoms with van der Waals surface area (Å²) in [5.74, 6) is -0.785. The third-order valence-electron chi connectivity index (χ3n) is 6.61. The molecule has 4 aromatic carbocycles. The van der Waals surface area contributed by atoms with Gasteiger partial charge in [-0.25, -0.2) is 9.69 Å². The van der Waals surface area contributed by atoms with Crippen LogP contribution < -0.4 is 19.7 Å². The smallest absolute Gasteiger partial charge is 0.335 e. The van der Waals surface area contributed by atoms with Crippen molar-refractivity contribution in [2.45, 2.75) is 26.9 Å². The van der Waals surface area contributed by atoms with Crippen LogP contribution in [0.3, 0.4) is 0 Å². The van der Waals surface area contributed by atoms with Gasteiger partial charge < -0.3 is 9.47 Å². The van der Waals surface area contributed by atoms with Gasteiger partial charge in [-0.1, -0.05) is 79.2 Å². The lowest BCUT2D eigenvalue weighted by Crippen LogP contribution is -2.54. The first-order valence-electron chi connectivity index (χ1n) is 13.0. The van der Waals surface area contributed by atoms with Crippen LogP contribution in [0.4, 0.5) is 10.5 Å². The van der Waals surface area contributed by atoms with E-state index < -0.39 is 17.8 Å². The average molecular weight is 555 g/mol. The molecular weight excluding hydrogens is 528 g/mol. The number of nitrogens with one attached hydrogen (secondary N) is 1. The minimum Gasteiger partial charge on any atom is -0.490 e. The molecule has 0 saturated carbocycles. The van der Waals surface area contributed by atoms with Crippen LogP contribution in [-0.4, -0.2) is 24.5 Å². The Morgan fingerprint density at radius 2 is 1.60 bits per heavy atom. The zero-order valence-corrected chi connectivity index (χ0v) is 22.8. The number of aryl methyl sites for hydroxylation is 1. The molecule has 1 aliphatic rings. The molecule has 0 bridgehead atoms. The van der Waals surface area contributed by atoms with Gasteiger partial charge in [-0.05, 0) is 65.1 Å². The van der Waals surface area contributed by atoms with E-state index in [0.717, 1.165) is 26.8 Å². The van der Waals surface area contributed by atoms with Crippen molar-refractivity contribution in [3.05, 3.63) is 106 Å². The number of hydrogen-bond acceptors (Lipinski definition) is 5. The Hall–Kier alpha value is -4.62. The summed E-state index contributed by atoms with van der Waals surface area (Å²) in [6.07, 6.45) is 2.00. The van der Waals surface area contributed by atoms with Gasteiger partial charge in [0.1, 0.15) is 12.2 Å². The van der Waals surface area contributed by atoms with E-state index in [2.05, 4.69) is 5.32 Å². The molecule has 5 rings (SSSR count). The Kier molecular flexibility index (Phi) is 7.84. The van der Waals surface area contributed by atoms with E-state index >= 15 is 0 Å². The zero-order valence-electron chi connectivity index (χ0n) is 22.1. The van der Waals surface area contributed by atoms with Gasteiger partial charge in [-0.2, -0.15) is 0 Å². The summed E-state index contributed by atoms with van der Waals surface area (Å²) in [4.78, 5) is 39.8. The molecule has 0 atom stereocenters. The number of carbonyl (C=O) groups is 3. The number of nitrogens with zero attached hydrogens (tertiary/aromatic N) is 1. The number of ether oxygens (including phenoxy) is 2. The minimum absolute atomic E-state index is 0.201. The summed E-state index contributed by atoms with van der Waals surface area (Å²) in [7, 11) is 0. The van der Waals surface area contributed by atoms with Crippen molar-refractivity contribution in [1.29, 1.82) is 0 Å². The highest BCUT2D eigenvalue weighted by atomic mass is 35.5. The molecule has 4 amide bonds. The fourth-order valence-corrected chi connectivity index (χ4v) is 4.99. The number of imide groups is 2. The molecule has 4 aromatic rings. The fraction of sp³-hybridized carbons (Fsp3) is 0.156. The summed E-state index contributed by atoms with van der Waals surface area (Å²) in [6, 6.07) is 23.6. The Morgan fingerprint density at radius 3 is 2.40 bits per heavy atom. The Balaban J connectivity index is 1.47. The molecule has 1 heterocycles. The fourth-order valence-electron chi connectivity index (χ4n) is 4.71. The molecule has 7 nitrogen and oxygen atoms in total. The summed E-state index contributed by atoms with van der Waals surface area (Å²) in [5.41, 5.74) is 2.46. The van der Waals surface area contributed by atoms with Crippen molar-refractivity contribution in [3.8, 4) is 11.5 Å². The predicted octanol–water partition coefficient (Wildman–Crippen LogP) is 6.70. The van der Waals surface area contributed by atoms with Gasteiger partial charge >= 0.3 is 6.03 Å². The molecule has 0 radical (unpaired) electrons. The van der Waals surface area contributed by atoms with Gasteiger partial charge in [0.2, 0.25) is 0 Å². The Morgan fingerprint density at radius 1 is 0.875 bits per heavy atom. The monoisotopic (exact) mass is 554 g/mol. The van der Waals surface area contributed by atoms with E-state index in [0.29, 0.717) is 35.8 Å². The number of barbiturate groups is 1. The second-order valence-electron chi connectivity index (χ2n) is 9.13. The topological polar surface area (TPSA) is 84.9 Å². The number of hydrogen-bond donors (Lipinski definition) is 1. The highest BCUT2D eigenvalue weighted by Crippen LogP contribution is 2.38. The van der Waals surface area contributed by atoms with Gasteiger partial charge in [0.25, 0.3) is 11.8 Å². The summed E-state index contributed by atoms with van der Waals surface area (Å²) in [6.45, 7) is 4.36. The van der Waals surface area contributed by atoms with Crippen LogP contribution in [0, 0.1) is 0 Å². The number of carbonyl (C=O) groups excluding carboxylic acids is 3. The molecular formula is C32H27ClN2O5. The summed E-state index contributed by atoms with van der Waals surface area (Å²) >= 11 is 6.65. The number of amides is 4. The van der Waals surface area contributed by atoms with Crippen LogP contribution in [0.25, 0.3) is 16.8 Å². The maximum Gasteiger partial charge on any atom is 0.335 e. The molecule has 1 fully saturated rings. The lowest BCUT2D eigenvalue weighted by atomic mass is 10.0. The van der Waals surface area contributed by atoms with Crippen molar-refractivity contribution in [1.82, 2.24) is 5.32 Å². The van der Waals surface area contributed by atoms with Crippen LogP contribution in [-0.2, 0) is 22.6 Å². The standard InChI is InChI=1S/C32H27ClN2O5/c1-3-21-10-6-8-15-27(21)35-31(37)25(30(36)34-32(35)38)16-20-17-26(33)29(28(18-20)39-4-2)40-19-23-13-9-12-22-11-5-7-14-24(22)23/h5-18H,3-4,19H2,1-2H3,(H,34,36,38)/b25-16-. The molecule has 1 aliphatic heterocycles. The Bertz CT molecular complexity index is 1660. The first-order chi connectivity index (χ1) is 19.4. The second-order valence-corrected chi connectivity index (χ2v) is 9.54. The Labute approximate surface area is 237 Å². The lowest BCUT2D eigenvalue weighted by molar-refractivity contribution is -0.122. The van der Waals surface area contributed by atoms with Crippen LogP contribution in [0.1, 0.15) is 30.5 Å². The average Bonchev–Trinajstić information content (AvgIpc) is 2.95. The highest BCUT2D eigenvalue weighted by molar-refractivity contribution is 6.39. The van der Waals surface area contributed by atoms with Crippen LogP contribution in [0.15, 0.2) is 84.4 Å². The molecule has 0 unspecified atom stereocenters. The van der Waals surface area contributed by atoms with Gasteiger partial charge in [-0.3, -0.25) is 14.9 Å². The molecule has 0 aromatic heterocycles. The van der Waals surface area contributed by atoms with Gasteiger partial charge in [-0.15, -0.1) is 0 Å². The van der Waals surface area contributed by atoms with Crippen molar-refractivity contribution in [3.63, 3.8) is 0 Å². The number of urea groups is 1. The number of anilines is 1. The van der Waals surface area contributed by atoms with Crippen molar-refractivity contribution in [2.75, 3.05) is 11.5 Å². The number of para-hydroxylation sites is 1. The second kappa shape index (κ2) is 11.6. The number of rotatable bonds is 8. The molecule has 0 spiro atoms. The number of fused-ring (bicyclic) bond motifs is 1. The van der Waals surface area contributed by atoms with Crippen LogP contribution in [0.2, 0.25) is 5.02 Å². The van der Waals surface area contributed by atoms with Crippen molar-refractivity contribution >= 4 is 52.0 Å². The van der Waals surface area contributed by atoms with E-state index in [1.165, 1.54) is 6.08 Å². The SMILES string of the molecule is CCOc1cc(/C=C2/C(=O)NC(=O)N(c3ccccc3CC)C2=O)cc(Cl)c1OCc1cccc2ccccc12. The van der Waals surface area contributed by atoms with Crippen molar-refractivity contribution in [2.24, 2.45) is 0 Å². The normalized spacial score (nSPS) is 14.5. The van der Waals surface area contributed by atoms with E-state index in [1.54, 1.807) is 24.3 Å². The molecule has 1 N–H and O–H groups in total.